The van der Waals surface area contributed by atoms with E-state index in [0.29, 0.717) is 17.8 Å². The summed E-state index contributed by atoms with van der Waals surface area (Å²) in [6.07, 6.45) is 7.81. The van der Waals surface area contributed by atoms with Crippen LogP contribution in [0.4, 0.5) is 4.39 Å². The summed E-state index contributed by atoms with van der Waals surface area (Å²) in [7, 11) is 0. The van der Waals surface area contributed by atoms with Crippen LogP contribution < -0.4 is 11.2 Å². The Kier molecular flexibility index (Phi) is 2.16. The van der Waals surface area contributed by atoms with Crippen LogP contribution in [0.25, 0.3) is 0 Å². The molecule has 1 aromatic heterocycles. The van der Waals surface area contributed by atoms with E-state index in [0.717, 1.165) is 25.5 Å². The van der Waals surface area contributed by atoms with E-state index in [1.807, 2.05) is 0 Å². The molecule has 0 amide bonds. The largest absolute Gasteiger partial charge is 0.329 e. The zero-order valence-corrected chi connectivity index (χ0v) is 10.7. The molecule has 4 saturated carbocycles. The van der Waals surface area contributed by atoms with Gasteiger partial charge in [-0.1, -0.05) is 0 Å². The number of aromatic nitrogens is 2. The number of halogens is 1. The summed E-state index contributed by atoms with van der Waals surface area (Å²) in [5.41, 5.74) is -1.60. The predicted octanol–water partition coefficient (Wildman–Crippen LogP) is 1.60. The van der Waals surface area contributed by atoms with Gasteiger partial charge in [0, 0.05) is 5.54 Å². The van der Waals surface area contributed by atoms with Crippen molar-refractivity contribution in [2.75, 3.05) is 0 Å². The molecule has 1 heterocycles. The highest BCUT2D eigenvalue weighted by Crippen LogP contribution is 2.58. The number of H-pyrrole nitrogens is 1. The van der Waals surface area contributed by atoms with Gasteiger partial charge in [-0.05, 0) is 56.3 Å². The summed E-state index contributed by atoms with van der Waals surface area (Å²) in [4.78, 5) is 25.3. The van der Waals surface area contributed by atoms with Crippen molar-refractivity contribution in [2.24, 2.45) is 17.8 Å². The van der Waals surface area contributed by atoms with Crippen molar-refractivity contribution in [3.05, 3.63) is 32.9 Å². The van der Waals surface area contributed by atoms with Gasteiger partial charge in [-0.15, -0.1) is 0 Å². The average Bonchev–Trinajstić information content (AvgIpc) is 2.32. The molecule has 4 aliphatic carbocycles. The highest BCUT2D eigenvalue weighted by Gasteiger charge is 2.52. The second kappa shape index (κ2) is 3.58. The second-order valence-electron chi connectivity index (χ2n) is 6.75. The summed E-state index contributed by atoms with van der Waals surface area (Å²) >= 11 is 0. The van der Waals surface area contributed by atoms with Gasteiger partial charge in [0.2, 0.25) is 5.82 Å². The van der Waals surface area contributed by atoms with Crippen molar-refractivity contribution in [3.63, 3.8) is 0 Å². The molecular weight excluding hydrogens is 247 g/mol. The van der Waals surface area contributed by atoms with Crippen LogP contribution in [0.1, 0.15) is 38.5 Å². The van der Waals surface area contributed by atoms with Crippen LogP contribution in [-0.4, -0.2) is 9.55 Å². The van der Waals surface area contributed by atoms with E-state index in [1.165, 1.54) is 23.8 Å². The van der Waals surface area contributed by atoms with Crippen LogP contribution in [0.3, 0.4) is 0 Å². The zero-order valence-electron chi connectivity index (χ0n) is 10.7. The molecule has 0 saturated heterocycles. The predicted molar refractivity (Wildman–Crippen MR) is 67.4 cm³/mol. The lowest BCUT2D eigenvalue weighted by molar-refractivity contribution is -0.0460. The summed E-state index contributed by atoms with van der Waals surface area (Å²) in [5.74, 6) is 1.17. The van der Waals surface area contributed by atoms with Crippen LogP contribution in [0.5, 0.6) is 0 Å². The number of hydrogen-bond acceptors (Lipinski definition) is 2. The topological polar surface area (TPSA) is 54.9 Å². The molecule has 0 aromatic carbocycles. The summed E-state index contributed by atoms with van der Waals surface area (Å²) in [6, 6.07) is 0. The molecule has 102 valence electrons. The molecule has 0 unspecified atom stereocenters. The average molecular weight is 264 g/mol. The zero-order chi connectivity index (χ0) is 13.2. The number of aromatic amines is 1. The first-order chi connectivity index (χ1) is 9.06. The molecular formula is C14H17FN2O2. The Balaban J connectivity index is 1.86. The SMILES string of the molecule is O=c1[nH]c(=O)n(C23CC4CC(CC(C4)C2)C3)cc1F. The fourth-order valence-electron chi connectivity index (χ4n) is 5.16. The quantitative estimate of drug-likeness (QED) is 0.837. The molecule has 0 atom stereocenters. The van der Waals surface area contributed by atoms with Crippen molar-refractivity contribution in [1.29, 1.82) is 0 Å². The lowest BCUT2D eigenvalue weighted by Crippen LogP contribution is -2.55. The van der Waals surface area contributed by atoms with Crippen molar-refractivity contribution in [2.45, 2.75) is 44.1 Å². The highest BCUT2D eigenvalue weighted by atomic mass is 19.1. The van der Waals surface area contributed by atoms with Crippen molar-refractivity contribution in [1.82, 2.24) is 9.55 Å². The van der Waals surface area contributed by atoms with E-state index >= 15 is 0 Å². The Hall–Kier alpha value is -1.39. The number of rotatable bonds is 1. The Morgan fingerprint density at radius 2 is 1.63 bits per heavy atom. The summed E-state index contributed by atoms with van der Waals surface area (Å²) < 4.78 is 15.0. The van der Waals surface area contributed by atoms with Gasteiger partial charge in [-0.25, -0.2) is 4.79 Å². The van der Waals surface area contributed by atoms with E-state index in [2.05, 4.69) is 4.98 Å². The molecule has 5 heteroatoms. The van der Waals surface area contributed by atoms with E-state index in [4.69, 9.17) is 0 Å². The maximum Gasteiger partial charge on any atom is 0.329 e. The van der Waals surface area contributed by atoms with Gasteiger partial charge in [0.25, 0.3) is 5.56 Å². The van der Waals surface area contributed by atoms with E-state index < -0.39 is 17.1 Å². The first-order valence-corrected chi connectivity index (χ1v) is 7.08. The number of nitrogens with one attached hydrogen (secondary N) is 1. The molecule has 19 heavy (non-hydrogen) atoms. The first kappa shape index (κ1) is 11.4. The molecule has 4 bridgehead atoms. The van der Waals surface area contributed by atoms with E-state index in [1.54, 1.807) is 0 Å². The minimum atomic E-state index is -0.911. The number of nitrogens with zero attached hydrogens (tertiary/aromatic N) is 1. The maximum atomic E-state index is 13.5. The summed E-state index contributed by atoms with van der Waals surface area (Å²) in [5, 5.41) is 0. The lowest BCUT2D eigenvalue weighted by Gasteiger charge is -2.57. The van der Waals surface area contributed by atoms with Gasteiger partial charge < -0.3 is 0 Å². The Morgan fingerprint density at radius 3 is 2.16 bits per heavy atom. The maximum absolute atomic E-state index is 13.5. The molecule has 4 nitrogen and oxygen atoms in total. The summed E-state index contributed by atoms with van der Waals surface area (Å²) in [6.45, 7) is 0. The molecule has 4 aliphatic rings. The van der Waals surface area contributed by atoms with Crippen LogP contribution >= 0.6 is 0 Å². The van der Waals surface area contributed by atoms with Gasteiger partial charge >= 0.3 is 5.69 Å². The second-order valence-corrected chi connectivity index (χ2v) is 6.75. The third-order valence-corrected chi connectivity index (χ3v) is 5.42. The standard InChI is InChI=1S/C14H17FN2O2/c15-11-7-17(13(19)16-12(11)18)14-4-8-1-9(5-14)3-10(2-8)6-14/h7-10H,1-6H2,(H,16,18,19). The Bertz CT molecular complexity index is 610. The van der Waals surface area contributed by atoms with E-state index in [-0.39, 0.29) is 5.54 Å². The van der Waals surface area contributed by atoms with Gasteiger partial charge in [0.15, 0.2) is 0 Å². The third-order valence-electron chi connectivity index (χ3n) is 5.42. The molecule has 5 rings (SSSR count). The van der Waals surface area contributed by atoms with Gasteiger partial charge in [0.1, 0.15) is 0 Å². The Labute approximate surface area is 109 Å². The molecule has 0 aliphatic heterocycles. The van der Waals surface area contributed by atoms with Crippen LogP contribution in [0.2, 0.25) is 0 Å². The third kappa shape index (κ3) is 1.56. The first-order valence-electron chi connectivity index (χ1n) is 7.08. The monoisotopic (exact) mass is 264 g/mol. The van der Waals surface area contributed by atoms with Gasteiger partial charge in [-0.3, -0.25) is 14.3 Å². The van der Waals surface area contributed by atoms with Crippen LogP contribution in [0.15, 0.2) is 15.8 Å². The highest BCUT2D eigenvalue weighted by molar-refractivity contribution is 5.07. The fraction of sp³-hybridized carbons (Fsp3) is 0.714. The van der Waals surface area contributed by atoms with Crippen LogP contribution in [-0.2, 0) is 5.54 Å². The van der Waals surface area contributed by atoms with E-state index in [9.17, 15) is 14.0 Å². The van der Waals surface area contributed by atoms with Crippen molar-refractivity contribution >= 4 is 0 Å². The van der Waals surface area contributed by atoms with Crippen molar-refractivity contribution in [3.8, 4) is 0 Å². The van der Waals surface area contributed by atoms with Crippen molar-refractivity contribution < 1.29 is 4.39 Å². The lowest BCUT2D eigenvalue weighted by atomic mass is 9.53. The Morgan fingerprint density at radius 1 is 1.11 bits per heavy atom. The minimum absolute atomic E-state index is 0.239. The number of hydrogen-bond donors (Lipinski definition) is 1. The molecule has 1 aromatic rings. The molecule has 1 N–H and O–H groups in total. The van der Waals surface area contributed by atoms with Gasteiger partial charge in [0.05, 0.1) is 6.20 Å². The normalized spacial score (nSPS) is 39.7. The van der Waals surface area contributed by atoms with Gasteiger partial charge in [-0.2, -0.15) is 4.39 Å². The van der Waals surface area contributed by atoms with Crippen LogP contribution in [0, 0.1) is 23.6 Å². The molecule has 0 spiro atoms. The minimum Gasteiger partial charge on any atom is -0.292 e. The fourth-order valence-corrected chi connectivity index (χ4v) is 5.16. The molecule has 0 radical (unpaired) electrons. The molecule has 4 fully saturated rings. The smallest absolute Gasteiger partial charge is 0.292 e.